The minimum atomic E-state index is -0.0367. The average molecular weight is 523 g/mol. The maximum atomic E-state index is 9.71. The molecule has 0 radical (unpaired) electrons. The molecular formula is C27H24Cl2N4O3. The van der Waals surface area contributed by atoms with Gasteiger partial charge in [-0.1, -0.05) is 29.8 Å². The van der Waals surface area contributed by atoms with Gasteiger partial charge in [-0.3, -0.25) is 4.98 Å². The molecule has 1 aliphatic carbocycles. The quantitative estimate of drug-likeness (QED) is 0.284. The number of rotatable bonds is 7. The van der Waals surface area contributed by atoms with Crippen molar-refractivity contribution in [1.82, 2.24) is 4.98 Å². The van der Waals surface area contributed by atoms with Gasteiger partial charge in [-0.25, -0.2) is 0 Å². The smallest absolute Gasteiger partial charge is 0.144 e. The van der Waals surface area contributed by atoms with E-state index in [4.69, 9.17) is 43.1 Å². The summed E-state index contributed by atoms with van der Waals surface area (Å²) in [6.07, 6.45) is 9.13. The van der Waals surface area contributed by atoms with Crippen molar-refractivity contribution in [2.24, 2.45) is 0 Å². The number of nitrogens with zero attached hydrogens (tertiary/aromatic N) is 2. The van der Waals surface area contributed by atoms with E-state index in [1.54, 1.807) is 24.3 Å². The summed E-state index contributed by atoms with van der Waals surface area (Å²) >= 11 is 12.7. The number of benzene rings is 2. The maximum absolute atomic E-state index is 9.71. The number of hydrogen-bond donors (Lipinski definition) is 2. The van der Waals surface area contributed by atoms with Crippen molar-refractivity contribution in [3.05, 3.63) is 70.9 Å². The van der Waals surface area contributed by atoms with Gasteiger partial charge in [0.2, 0.25) is 0 Å². The van der Waals surface area contributed by atoms with E-state index in [-0.39, 0.29) is 11.5 Å². The Kier molecular flexibility index (Phi) is 7.19. The Labute approximate surface area is 219 Å². The van der Waals surface area contributed by atoms with Crippen molar-refractivity contribution >= 4 is 51.2 Å². The predicted octanol–water partition coefficient (Wildman–Crippen LogP) is 6.13. The van der Waals surface area contributed by atoms with E-state index < -0.39 is 0 Å². The number of nitrogens with one attached hydrogen (secondary N) is 1. The zero-order chi connectivity index (χ0) is 25.1. The van der Waals surface area contributed by atoms with Gasteiger partial charge in [0, 0.05) is 29.8 Å². The van der Waals surface area contributed by atoms with E-state index in [0.29, 0.717) is 69.9 Å². The lowest BCUT2D eigenvalue weighted by molar-refractivity contribution is 0.142. The first-order chi connectivity index (χ1) is 17.5. The molecule has 184 valence electrons. The first-order valence-corrected chi connectivity index (χ1v) is 12.4. The first kappa shape index (κ1) is 24.3. The monoisotopic (exact) mass is 522 g/mol. The number of pyridine rings is 1. The zero-order valence-corrected chi connectivity index (χ0v) is 20.9. The van der Waals surface area contributed by atoms with Crippen molar-refractivity contribution in [2.75, 3.05) is 30.9 Å². The molecule has 1 fully saturated rings. The molecule has 2 aromatic carbocycles. The Bertz CT molecular complexity index is 1390. The van der Waals surface area contributed by atoms with Crippen LogP contribution in [0.5, 0.6) is 11.5 Å². The summed E-state index contributed by atoms with van der Waals surface area (Å²) in [5, 5.41) is 14.1. The van der Waals surface area contributed by atoms with Gasteiger partial charge in [-0.2, -0.15) is 5.26 Å². The van der Waals surface area contributed by atoms with Gasteiger partial charge in [0.25, 0.3) is 0 Å². The molecule has 2 aliphatic rings. The highest BCUT2D eigenvalue weighted by Gasteiger charge is 2.20. The zero-order valence-electron chi connectivity index (χ0n) is 19.3. The van der Waals surface area contributed by atoms with Crippen LogP contribution in [0.25, 0.3) is 10.9 Å². The van der Waals surface area contributed by atoms with Crippen molar-refractivity contribution in [1.29, 1.82) is 5.26 Å². The molecule has 0 bridgehead atoms. The van der Waals surface area contributed by atoms with Crippen LogP contribution >= 0.6 is 23.2 Å². The molecular weight excluding hydrogens is 499 g/mol. The minimum absolute atomic E-state index is 0.0198. The van der Waals surface area contributed by atoms with Gasteiger partial charge in [0.05, 0.1) is 46.1 Å². The van der Waals surface area contributed by atoms with Gasteiger partial charge in [-0.05, 0) is 36.3 Å². The number of fused-ring (bicyclic) bond motifs is 1. The molecule has 3 N–H and O–H groups in total. The van der Waals surface area contributed by atoms with Crippen LogP contribution in [-0.2, 0) is 4.74 Å². The Balaban J connectivity index is 1.38. The lowest BCUT2D eigenvalue weighted by atomic mass is 10.1. The fourth-order valence-corrected chi connectivity index (χ4v) is 4.65. The van der Waals surface area contributed by atoms with Gasteiger partial charge >= 0.3 is 0 Å². The highest BCUT2D eigenvalue weighted by Crippen LogP contribution is 2.37. The maximum Gasteiger partial charge on any atom is 0.144 e. The van der Waals surface area contributed by atoms with Crippen LogP contribution in [-0.4, -0.2) is 36.3 Å². The second kappa shape index (κ2) is 10.7. The highest BCUT2D eigenvalue weighted by molar-refractivity contribution is 6.32. The first-order valence-electron chi connectivity index (χ1n) is 11.6. The number of allylic oxidation sites excluding steroid dienone is 2. The number of nitrogens with two attached hydrogens (primary N) is 1. The molecule has 7 nitrogen and oxygen atoms in total. The number of ether oxygens (including phenoxy) is 3. The van der Waals surface area contributed by atoms with E-state index in [1.807, 2.05) is 24.3 Å². The fraction of sp³-hybridized carbons (Fsp3) is 0.259. The van der Waals surface area contributed by atoms with Crippen LogP contribution in [0.4, 0.5) is 17.1 Å². The van der Waals surface area contributed by atoms with E-state index >= 15 is 0 Å². The molecule has 2 atom stereocenters. The SMILES string of the molecule is N#Cc1cnc2cc(OC3CCOC3)c(N)cc2c1Nc1ccc(OCC2=CC(Cl)CC=C2)c(Cl)c1. The molecule has 0 saturated carbocycles. The molecule has 1 saturated heterocycles. The van der Waals surface area contributed by atoms with Crippen molar-refractivity contribution in [3.63, 3.8) is 0 Å². The number of nitrogen functional groups attached to an aromatic ring is 1. The number of nitriles is 1. The molecule has 0 spiro atoms. The molecule has 1 aromatic heterocycles. The molecule has 9 heteroatoms. The number of hydrogen-bond acceptors (Lipinski definition) is 7. The Hall–Kier alpha value is -3.44. The summed E-state index contributed by atoms with van der Waals surface area (Å²) < 4.78 is 17.3. The third-order valence-electron chi connectivity index (χ3n) is 5.99. The molecule has 1 aliphatic heterocycles. The topological polar surface area (TPSA) is 102 Å². The van der Waals surface area contributed by atoms with Gasteiger partial charge in [0.1, 0.15) is 30.3 Å². The van der Waals surface area contributed by atoms with Crippen LogP contribution in [0, 0.1) is 11.3 Å². The molecule has 36 heavy (non-hydrogen) atoms. The summed E-state index contributed by atoms with van der Waals surface area (Å²) in [5.74, 6) is 1.10. The number of alkyl halides is 1. The molecule has 5 rings (SSSR count). The Morgan fingerprint density at radius 2 is 2.14 bits per heavy atom. The van der Waals surface area contributed by atoms with Crippen LogP contribution in [0.15, 0.2) is 60.3 Å². The normalized spacial score (nSPS) is 19.1. The third kappa shape index (κ3) is 5.36. The average Bonchev–Trinajstić information content (AvgIpc) is 3.38. The standard InChI is InChI=1S/C27H24Cl2N4O3/c28-18-3-1-2-16(8-18)14-35-25-5-4-19(9-22(25)29)33-27-17(12-30)13-32-24-11-26(23(31)10-21(24)27)36-20-6-7-34-15-20/h1-2,4-5,8-11,13,18,20H,3,6-7,14-15,31H2,(H,32,33). The third-order valence-corrected chi connectivity index (χ3v) is 6.58. The van der Waals surface area contributed by atoms with E-state index in [2.05, 4.69) is 16.4 Å². The minimum Gasteiger partial charge on any atom is -0.487 e. The summed E-state index contributed by atoms with van der Waals surface area (Å²) in [7, 11) is 0. The fourth-order valence-electron chi connectivity index (χ4n) is 4.15. The lowest BCUT2D eigenvalue weighted by Gasteiger charge is -2.17. The van der Waals surface area contributed by atoms with Gasteiger partial charge < -0.3 is 25.3 Å². The number of aromatic nitrogens is 1. The lowest BCUT2D eigenvalue weighted by Crippen LogP contribution is -2.16. The van der Waals surface area contributed by atoms with Crippen LogP contribution < -0.4 is 20.5 Å². The molecule has 2 unspecified atom stereocenters. The Morgan fingerprint density at radius 3 is 2.89 bits per heavy atom. The highest BCUT2D eigenvalue weighted by atomic mass is 35.5. The van der Waals surface area contributed by atoms with E-state index in [1.165, 1.54) is 6.20 Å². The van der Waals surface area contributed by atoms with Crippen molar-refractivity contribution in [2.45, 2.75) is 24.3 Å². The summed E-state index contributed by atoms with van der Waals surface area (Å²) in [6, 6.07) is 11.1. The number of halogens is 2. The van der Waals surface area contributed by atoms with Gasteiger partial charge in [0.15, 0.2) is 0 Å². The summed E-state index contributed by atoms with van der Waals surface area (Å²) in [5.41, 5.74) is 10.1. The molecule has 0 amide bonds. The molecule has 3 aromatic rings. The van der Waals surface area contributed by atoms with Crippen molar-refractivity contribution in [3.8, 4) is 17.6 Å². The largest absolute Gasteiger partial charge is 0.487 e. The number of anilines is 3. The second-order valence-electron chi connectivity index (χ2n) is 8.62. The van der Waals surface area contributed by atoms with E-state index in [9.17, 15) is 5.26 Å². The summed E-state index contributed by atoms with van der Waals surface area (Å²) in [6.45, 7) is 1.58. The van der Waals surface area contributed by atoms with Crippen LogP contribution in [0.1, 0.15) is 18.4 Å². The summed E-state index contributed by atoms with van der Waals surface area (Å²) in [4.78, 5) is 4.44. The van der Waals surface area contributed by atoms with Crippen LogP contribution in [0.3, 0.4) is 0 Å². The molecule has 2 heterocycles. The van der Waals surface area contributed by atoms with Gasteiger partial charge in [-0.15, -0.1) is 11.6 Å². The van der Waals surface area contributed by atoms with Crippen LogP contribution in [0.2, 0.25) is 5.02 Å². The Morgan fingerprint density at radius 1 is 1.25 bits per heavy atom. The van der Waals surface area contributed by atoms with E-state index in [0.717, 1.165) is 18.4 Å². The second-order valence-corrected chi connectivity index (χ2v) is 9.59. The van der Waals surface area contributed by atoms with Crippen molar-refractivity contribution < 1.29 is 14.2 Å². The predicted molar refractivity (Wildman–Crippen MR) is 142 cm³/mol.